The minimum atomic E-state index is -2.35. The van der Waals surface area contributed by atoms with Crippen LogP contribution in [0.25, 0.3) is 10.8 Å². The lowest BCUT2D eigenvalue weighted by Crippen LogP contribution is -2.50. The Labute approximate surface area is 203 Å². The Morgan fingerprint density at radius 1 is 1.06 bits per heavy atom. The lowest BCUT2D eigenvalue weighted by atomic mass is 9.93. The van der Waals surface area contributed by atoms with Crippen LogP contribution < -0.4 is 10.2 Å². The van der Waals surface area contributed by atoms with Gasteiger partial charge >= 0.3 is 0 Å². The number of alkyl halides is 1. The van der Waals surface area contributed by atoms with E-state index in [-0.39, 0.29) is 17.6 Å². The third kappa shape index (κ3) is 3.22. The maximum Gasteiger partial charge on any atom is 0.270 e. The summed E-state index contributed by atoms with van der Waals surface area (Å²) in [4.78, 5) is 29.3. The Hall–Kier alpha value is -3.29. The standard InChI is InChI=1S/C28H28FN3O3/c1-30-23(33)16-28(29)21-10-2-3-11-22(21)32(27(28)35)18-12-14-31(15-13-18)25-19-8-4-6-17-7-5-9-20(24(17)19)26(25)34/h2-11,18,25-26,34H,12-16H2,1H3,(H,30,33)/t25?,26-,28+/m1/s1. The number of piperidine rings is 1. The van der Waals surface area contributed by atoms with Gasteiger partial charge in [0.25, 0.3) is 5.91 Å². The molecule has 2 N–H and O–H groups in total. The molecule has 0 aromatic heterocycles. The van der Waals surface area contributed by atoms with Crippen LogP contribution in [0.4, 0.5) is 10.1 Å². The van der Waals surface area contributed by atoms with Gasteiger partial charge in [0.1, 0.15) is 0 Å². The van der Waals surface area contributed by atoms with Crippen molar-refractivity contribution in [1.29, 1.82) is 0 Å². The van der Waals surface area contributed by atoms with Crippen molar-refractivity contribution in [2.45, 2.75) is 43.1 Å². The minimum absolute atomic E-state index is 0.132. The second-order valence-corrected chi connectivity index (χ2v) is 9.79. The minimum Gasteiger partial charge on any atom is -0.386 e. The largest absolute Gasteiger partial charge is 0.386 e. The van der Waals surface area contributed by atoms with Crippen LogP contribution in [-0.2, 0) is 15.3 Å². The number of nitrogens with one attached hydrogen (secondary N) is 1. The van der Waals surface area contributed by atoms with Crippen molar-refractivity contribution in [2.75, 3.05) is 25.0 Å². The molecule has 3 aliphatic rings. The fraction of sp³-hybridized carbons (Fsp3) is 0.357. The summed E-state index contributed by atoms with van der Waals surface area (Å²) >= 11 is 0. The zero-order chi connectivity index (χ0) is 24.3. The highest BCUT2D eigenvalue weighted by molar-refractivity contribution is 6.09. The number of aliphatic hydroxyl groups excluding tert-OH is 1. The summed E-state index contributed by atoms with van der Waals surface area (Å²) in [6.45, 7) is 1.36. The van der Waals surface area contributed by atoms with Crippen LogP contribution in [-0.4, -0.2) is 48.0 Å². The number of para-hydroxylation sites is 1. The highest BCUT2D eigenvalue weighted by Crippen LogP contribution is 2.50. The van der Waals surface area contributed by atoms with Crippen LogP contribution >= 0.6 is 0 Å². The normalized spacial score (nSPS) is 26.4. The molecule has 180 valence electrons. The molecule has 1 unspecified atom stereocenters. The van der Waals surface area contributed by atoms with Gasteiger partial charge in [-0.05, 0) is 40.8 Å². The van der Waals surface area contributed by atoms with E-state index in [0.717, 1.165) is 21.9 Å². The predicted molar refractivity (Wildman–Crippen MR) is 132 cm³/mol. The van der Waals surface area contributed by atoms with E-state index < -0.39 is 30.0 Å². The summed E-state index contributed by atoms with van der Waals surface area (Å²) in [6.07, 6.45) is 0.190. The average Bonchev–Trinajstić information content (AvgIpc) is 3.29. The highest BCUT2D eigenvalue weighted by Gasteiger charge is 2.54. The molecule has 6 rings (SSSR count). The third-order valence-corrected chi connectivity index (χ3v) is 7.99. The van der Waals surface area contributed by atoms with E-state index in [1.54, 1.807) is 29.2 Å². The zero-order valence-corrected chi connectivity index (χ0v) is 19.6. The average molecular weight is 474 g/mol. The Bertz CT molecular complexity index is 1330. The smallest absolute Gasteiger partial charge is 0.270 e. The molecule has 3 aromatic rings. The maximum atomic E-state index is 16.1. The van der Waals surface area contributed by atoms with E-state index >= 15 is 4.39 Å². The van der Waals surface area contributed by atoms with Crippen molar-refractivity contribution < 1.29 is 19.1 Å². The first-order valence-electron chi connectivity index (χ1n) is 12.2. The van der Waals surface area contributed by atoms with Gasteiger partial charge in [0.05, 0.1) is 24.3 Å². The Morgan fingerprint density at radius 3 is 2.46 bits per heavy atom. The molecule has 2 aliphatic heterocycles. The van der Waals surface area contributed by atoms with E-state index in [1.165, 1.54) is 7.05 Å². The lowest BCUT2D eigenvalue weighted by molar-refractivity contribution is -0.136. The van der Waals surface area contributed by atoms with Crippen LogP contribution in [0.5, 0.6) is 0 Å². The molecule has 0 saturated carbocycles. The SMILES string of the molecule is CNC(=O)C[C@@]1(F)C(=O)N(C2CCN(C3c4cccc5cccc(c45)[C@H]3O)CC2)c2ccccc21. The van der Waals surface area contributed by atoms with E-state index in [4.69, 9.17) is 0 Å². The number of hydrogen-bond donors (Lipinski definition) is 2. The number of rotatable bonds is 4. The van der Waals surface area contributed by atoms with Gasteiger partial charge in [-0.15, -0.1) is 0 Å². The number of likely N-dealkylation sites (tertiary alicyclic amines) is 1. The van der Waals surface area contributed by atoms with Crippen molar-refractivity contribution in [3.8, 4) is 0 Å². The fourth-order valence-corrected chi connectivity index (χ4v) is 6.33. The van der Waals surface area contributed by atoms with Crippen LogP contribution in [0.1, 0.15) is 48.1 Å². The van der Waals surface area contributed by atoms with Gasteiger partial charge < -0.3 is 15.3 Å². The number of benzene rings is 3. The molecule has 6 nitrogen and oxygen atoms in total. The van der Waals surface area contributed by atoms with Gasteiger partial charge in [0, 0.05) is 31.7 Å². The van der Waals surface area contributed by atoms with Crippen molar-refractivity contribution in [2.24, 2.45) is 0 Å². The molecule has 1 saturated heterocycles. The van der Waals surface area contributed by atoms with E-state index in [2.05, 4.69) is 28.4 Å². The molecular weight excluding hydrogens is 445 g/mol. The van der Waals surface area contributed by atoms with E-state index in [0.29, 0.717) is 31.6 Å². The highest BCUT2D eigenvalue weighted by atomic mass is 19.1. The Kier molecular flexibility index (Phi) is 5.16. The van der Waals surface area contributed by atoms with Crippen molar-refractivity contribution in [3.05, 3.63) is 77.4 Å². The van der Waals surface area contributed by atoms with Gasteiger partial charge in [-0.3, -0.25) is 14.5 Å². The van der Waals surface area contributed by atoms with Crippen molar-refractivity contribution in [1.82, 2.24) is 10.2 Å². The second kappa shape index (κ2) is 8.14. The summed E-state index contributed by atoms with van der Waals surface area (Å²) < 4.78 is 16.1. The number of carbonyl (C=O) groups excluding carboxylic acids is 2. The van der Waals surface area contributed by atoms with Gasteiger partial charge in [0.2, 0.25) is 11.6 Å². The summed E-state index contributed by atoms with van der Waals surface area (Å²) in [6, 6.07) is 18.8. The van der Waals surface area contributed by atoms with Crippen LogP contribution in [0.3, 0.4) is 0 Å². The Morgan fingerprint density at radius 2 is 1.74 bits per heavy atom. The number of nitrogens with zero attached hydrogens (tertiary/aromatic N) is 2. The van der Waals surface area contributed by atoms with Gasteiger partial charge in [-0.1, -0.05) is 54.6 Å². The van der Waals surface area contributed by atoms with Crippen molar-refractivity contribution >= 4 is 28.3 Å². The summed E-state index contributed by atoms with van der Waals surface area (Å²) in [5.41, 5.74) is 0.572. The van der Waals surface area contributed by atoms with Crippen LogP contribution in [0.2, 0.25) is 0 Å². The molecule has 0 bridgehead atoms. The number of amides is 2. The van der Waals surface area contributed by atoms with E-state index in [9.17, 15) is 14.7 Å². The maximum absolute atomic E-state index is 16.1. The van der Waals surface area contributed by atoms with Crippen molar-refractivity contribution in [3.63, 3.8) is 0 Å². The van der Waals surface area contributed by atoms with Gasteiger partial charge in [0.15, 0.2) is 0 Å². The first kappa shape index (κ1) is 22.2. The monoisotopic (exact) mass is 473 g/mol. The first-order valence-corrected chi connectivity index (χ1v) is 12.2. The first-order chi connectivity index (χ1) is 16.9. The van der Waals surface area contributed by atoms with Gasteiger partial charge in [-0.2, -0.15) is 0 Å². The molecular formula is C28H28FN3O3. The molecule has 1 fully saturated rings. The number of fused-ring (bicyclic) bond motifs is 1. The lowest BCUT2D eigenvalue weighted by Gasteiger charge is -2.41. The number of halogens is 1. The molecule has 7 heteroatoms. The third-order valence-electron chi connectivity index (χ3n) is 7.99. The summed E-state index contributed by atoms with van der Waals surface area (Å²) in [5, 5.41) is 15.9. The summed E-state index contributed by atoms with van der Waals surface area (Å²) in [7, 11) is 1.45. The Balaban J connectivity index is 1.25. The van der Waals surface area contributed by atoms with Crippen LogP contribution in [0, 0.1) is 0 Å². The van der Waals surface area contributed by atoms with E-state index in [1.807, 2.05) is 18.2 Å². The van der Waals surface area contributed by atoms with Gasteiger partial charge in [-0.25, -0.2) is 4.39 Å². The number of anilines is 1. The number of aliphatic hydroxyl groups is 1. The molecule has 35 heavy (non-hydrogen) atoms. The molecule has 2 heterocycles. The number of hydrogen-bond acceptors (Lipinski definition) is 4. The molecule has 0 spiro atoms. The molecule has 3 aromatic carbocycles. The quantitative estimate of drug-likeness (QED) is 0.606. The molecule has 2 amide bonds. The predicted octanol–water partition coefficient (Wildman–Crippen LogP) is 3.74. The van der Waals surface area contributed by atoms with Crippen LogP contribution in [0.15, 0.2) is 60.7 Å². The second-order valence-electron chi connectivity index (χ2n) is 9.79. The topological polar surface area (TPSA) is 72.9 Å². The zero-order valence-electron chi connectivity index (χ0n) is 19.6. The molecule has 0 radical (unpaired) electrons. The number of carbonyl (C=O) groups is 2. The molecule has 3 atom stereocenters. The summed E-state index contributed by atoms with van der Waals surface area (Å²) in [5.74, 6) is -1.16. The fourth-order valence-electron chi connectivity index (χ4n) is 6.33. The molecule has 1 aliphatic carbocycles.